The van der Waals surface area contributed by atoms with Crippen LogP contribution in [0.3, 0.4) is 0 Å². The quantitative estimate of drug-likeness (QED) is 0.874. The standard InChI is InChI=1S/C16H28N4O3S/c1-8-9-11(18-14(22)23-16(5,6)7)12(21)20(15(2,3)4)13-19-17-10-24-13/h10-11H,8-9H2,1-7H3,(H,18,22). The van der Waals surface area contributed by atoms with Crippen molar-refractivity contribution in [1.82, 2.24) is 15.5 Å². The molecule has 1 atom stereocenters. The Morgan fingerprint density at radius 3 is 2.33 bits per heavy atom. The predicted molar refractivity (Wildman–Crippen MR) is 95.2 cm³/mol. The third-order valence-corrected chi connectivity index (χ3v) is 3.67. The average molecular weight is 356 g/mol. The highest BCUT2D eigenvalue weighted by Gasteiger charge is 2.35. The fraction of sp³-hybridized carbons (Fsp3) is 0.750. The molecule has 0 spiro atoms. The molecule has 0 aliphatic heterocycles. The van der Waals surface area contributed by atoms with E-state index in [2.05, 4.69) is 15.5 Å². The molecular formula is C16H28N4O3S. The van der Waals surface area contributed by atoms with Crippen LogP contribution in [0.25, 0.3) is 0 Å². The molecular weight excluding hydrogens is 328 g/mol. The van der Waals surface area contributed by atoms with E-state index >= 15 is 0 Å². The number of ether oxygens (including phenoxy) is 1. The molecule has 0 fully saturated rings. The number of hydrogen-bond acceptors (Lipinski definition) is 6. The van der Waals surface area contributed by atoms with Gasteiger partial charge in [-0.25, -0.2) is 4.79 Å². The van der Waals surface area contributed by atoms with Gasteiger partial charge in [0.1, 0.15) is 17.2 Å². The van der Waals surface area contributed by atoms with E-state index in [0.717, 1.165) is 6.42 Å². The molecule has 0 saturated carbocycles. The van der Waals surface area contributed by atoms with Crippen LogP contribution in [0.15, 0.2) is 5.51 Å². The number of nitrogens with one attached hydrogen (secondary N) is 1. The van der Waals surface area contributed by atoms with Crippen LogP contribution in [0.5, 0.6) is 0 Å². The first kappa shape index (κ1) is 20.3. The summed E-state index contributed by atoms with van der Waals surface area (Å²) in [4.78, 5) is 26.7. The monoisotopic (exact) mass is 356 g/mol. The summed E-state index contributed by atoms with van der Waals surface area (Å²) in [6, 6.07) is -0.673. The van der Waals surface area contributed by atoms with Gasteiger partial charge in [0.15, 0.2) is 0 Å². The molecule has 136 valence electrons. The van der Waals surface area contributed by atoms with Crippen LogP contribution in [0, 0.1) is 0 Å². The van der Waals surface area contributed by atoms with Gasteiger partial charge in [-0.15, -0.1) is 10.2 Å². The van der Waals surface area contributed by atoms with Gasteiger partial charge in [0.2, 0.25) is 5.13 Å². The summed E-state index contributed by atoms with van der Waals surface area (Å²) in [5.74, 6) is -0.216. The molecule has 0 aliphatic carbocycles. The van der Waals surface area contributed by atoms with E-state index in [-0.39, 0.29) is 5.91 Å². The third kappa shape index (κ3) is 6.07. The number of aromatic nitrogens is 2. The van der Waals surface area contributed by atoms with Gasteiger partial charge in [-0.2, -0.15) is 0 Å². The van der Waals surface area contributed by atoms with Gasteiger partial charge in [0.05, 0.1) is 0 Å². The van der Waals surface area contributed by atoms with Gasteiger partial charge in [-0.3, -0.25) is 9.69 Å². The summed E-state index contributed by atoms with van der Waals surface area (Å²) in [5, 5.41) is 11.0. The van der Waals surface area contributed by atoms with E-state index < -0.39 is 23.3 Å². The Labute approximate surface area is 147 Å². The van der Waals surface area contributed by atoms with Crippen LogP contribution in [0.1, 0.15) is 61.3 Å². The number of nitrogens with zero attached hydrogens (tertiary/aromatic N) is 3. The Balaban J connectivity index is 3.00. The van der Waals surface area contributed by atoms with Crippen LogP contribution >= 0.6 is 11.3 Å². The van der Waals surface area contributed by atoms with Crippen LogP contribution < -0.4 is 10.2 Å². The second kappa shape index (κ2) is 7.92. The molecule has 0 saturated heterocycles. The molecule has 1 unspecified atom stereocenters. The summed E-state index contributed by atoms with van der Waals surface area (Å²) >= 11 is 1.29. The largest absolute Gasteiger partial charge is 0.444 e. The second-order valence-electron chi connectivity index (χ2n) is 7.55. The van der Waals surface area contributed by atoms with Crippen molar-refractivity contribution in [2.45, 2.75) is 78.5 Å². The highest BCUT2D eigenvalue weighted by molar-refractivity contribution is 7.13. The number of alkyl carbamates (subject to hydrolysis) is 1. The Bertz CT molecular complexity index is 547. The minimum absolute atomic E-state index is 0.216. The van der Waals surface area contributed by atoms with Gasteiger partial charge >= 0.3 is 6.09 Å². The highest BCUT2D eigenvalue weighted by atomic mass is 32.1. The summed E-state index contributed by atoms with van der Waals surface area (Å²) in [7, 11) is 0. The Kier molecular flexibility index (Phi) is 6.71. The maximum Gasteiger partial charge on any atom is 0.408 e. The van der Waals surface area contributed by atoms with Crippen LogP contribution in [0.2, 0.25) is 0 Å². The van der Waals surface area contributed by atoms with E-state index in [4.69, 9.17) is 4.74 Å². The first-order valence-corrected chi connectivity index (χ1v) is 8.93. The normalized spacial score (nSPS) is 13.3. The summed E-state index contributed by atoms with van der Waals surface area (Å²) < 4.78 is 5.27. The molecule has 0 radical (unpaired) electrons. The SMILES string of the molecule is CCCC(NC(=O)OC(C)(C)C)C(=O)N(c1nncs1)C(C)(C)C. The molecule has 0 bridgehead atoms. The average Bonchev–Trinajstić information content (AvgIpc) is 2.87. The molecule has 1 rings (SSSR count). The van der Waals surface area contributed by atoms with Crippen LogP contribution in [-0.2, 0) is 9.53 Å². The smallest absolute Gasteiger partial charge is 0.408 e. The number of rotatable bonds is 5. The van der Waals surface area contributed by atoms with E-state index in [1.165, 1.54) is 11.3 Å². The fourth-order valence-corrected chi connectivity index (χ4v) is 2.88. The van der Waals surface area contributed by atoms with Crippen molar-refractivity contribution in [3.05, 3.63) is 5.51 Å². The third-order valence-electron chi connectivity index (χ3n) is 3.00. The number of anilines is 1. The van der Waals surface area contributed by atoms with Crippen molar-refractivity contribution < 1.29 is 14.3 Å². The fourth-order valence-electron chi connectivity index (χ4n) is 2.13. The maximum absolute atomic E-state index is 13.1. The Morgan fingerprint density at radius 2 is 1.92 bits per heavy atom. The molecule has 2 amide bonds. The van der Waals surface area contributed by atoms with Crippen molar-refractivity contribution in [3.8, 4) is 0 Å². The number of amides is 2. The molecule has 0 aliphatic rings. The number of hydrogen-bond donors (Lipinski definition) is 1. The predicted octanol–water partition coefficient (Wildman–Crippen LogP) is 3.36. The first-order valence-electron chi connectivity index (χ1n) is 8.05. The molecule has 0 aromatic carbocycles. The van der Waals surface area contributed by atoms with Gasteiger partial charge < -0.3 is 10.1 Å². The number of carbonyl (C=O) groups is 2. The second-order valence-corrected chi connectivity index (χ2v) is 8.36. The topological polar surface area (TPSA) is 84.4 Å². The summed E-state index contributed by atoms with van der Waals surface area (Å²) in [5.41, 5.74) is 0.475. The minimum Gasteiger partial charge on any atom is -0.444 e. The molecule has 24 heavy (non-hydrogen) atoms. The first-order chi connectivity index (χ1) is 11.0. The van der Waals surface area contributed by atoms with Crippen molar-refractivity contribution in [2.24, 2.45) is 0 Å². The van der Waals surface area contributed by atoms with Gasteiger partial charge in [0.25, 0.3) is 5.91 Å². The molecule has 1 aromatic heterocycles. The van der Waals surface area contributed by atoms with Crippen LogP contribution in [-0.4, -0.2) is 39.4 Å². The Hall–Kier alpha value is -1.70. The minimum atomic E-state index is -0.673. The molecule has 1 aromatic rings. The lowest BCUT2D eigenvalue weighted by atomic mass is 10.0. The van der Waals surface area contributed by atoms with Gasteiger partial charge in [0, 0.05) is 5.54 Å². The summed E-state index contributed by atoms with van der Waals surface area (Å²) in [6.45, 7) is 13.1. The van der Waals surface area contributed by atoms with E-state index in [1.807, 2.05) is 27.7 Å². The number of carbonyl (C=O) groups excluding carboxylic acids is 2. The highest BCUT2D eigenvalue weighted by Crippen LogP contribution is 2.26. The van der Waals surface area contributed by atoms with Crippen LogP contribution in [0.4, 0.5) is 9.93 Å². The van der Waals surface area contributed by atoms with Crippen molar-refractivity contribution >= 4 is 28.5 Å². The zero-order valence-electron chi connectivity index (χ0n) is 15.5. The zero-order chi connectivity index (χ0) is 18.5. The van der Waals surface area contributed by atoms with E-state index in [0.29, 0.717) is 11.6 Å². The lowest BCUT2D eigenvalue weighted by molar-refractivity contribution is -0.121. The Morgan fingerprint density at radius 1 is 1.29 bits per heavy atom. The van der Waals surface area contributed by atoms with Crippen molar-refractivity contribution in [2.75, 3.05) is 4.90 Å². The lowest BCUT2D eigenvalue weighted by Gasteiger charge is -2.36. The van der Waals surface area contributed by atoms with E-state index in [9.17, 15) is 9.59 Å². The molecule has 1 N–H and O–H groups in total. The molecule has 1 heterocycles. The van der Waals surface area contributed by atoms with Gasteiger partial charge in [-0.05, 0) is 48.0 Å². The maximum atomic E-state index is 13.1. The molecule has 7 nitrogen and oxygen atoms in total. The van der Waals surface area contributed by atoms with Crippen molar-refractivity contribution in [1.29, 1.82) is 0 Å². The van der Waals surface area contributed by atoms with Gasteiger partial charge in [-0.1, -0.05) is 24.7 Å². The van der Waals surface area contributed by atoms with E-state index in [1.54, 1.807) is 31.2 Å². The summed E-state index contributed by atoms with van der Waals surface area (Å²) in [6.07, 6.45) is 0.671. The lowest BCUT2D eigenvalue weighted by Crippen LogP contribution is -2.55. The molecule has 8 heteroatoms. The van der Waals surface area contributed by atoms with Crippen molar-refractivity contribution in [3.63, 3.8) is 0 Å². The zero-order valence-corrected chi connectivity index (χ0v) is 16.4.